The van der Waals surface area contributed by atoms with Crippen LogP contribution in [0.25, 0.3) is 0 Å². The molecule has 2 rings (SSSR count). The van der Waals surface area contributed by atoms with E-state index in [9.17, 15) is 9.59 Å². The van der Waals surface area contributed by atoms with Gasteiger partial charge in [0.05, 0.1) is 0 Å². The van der Waals surface area contributed by atoms with E-state index in [0.717, 1.165) is 38.6 Å². The molecule has 2 atom stereocenters. The summed E-state index contributed by atoms with van der Waals surface area (Å²) in [5, 5.41) is 0. The van der Waals surface area contributed by atoms with Gasteiger partial charge >= 0.3 is 0 Å². The fourth-order valence-electron chi connectivity index (χ4n) is 3.56. The number of hydrogen-bond donors (Lipinski definition) is 0. The molecule has 2 aliphatic heterocycles. The van der Waals surface area contributed by atoms with E-state index in [-0.39, 0.29) is 28.6 Å². The first-order valence-corrected chi connectivity index (χ1v) is 9.38. The van der Waals surface area contributed by atoms with Crippen molar-refractivity contribution < 1.29 is 9.59 Å². The molecule has 0 aliphatic carbocycles. The minimum absolute atomic E-state index is 0.0705. The van der Waals surface area contributed by atoms with Gasteiger partial charge in [-0.15, -0.1) is 0 Å². The number of thioether (sulfide) groups is 1. The van der Waals surface area contributed by atoms with Crippen molar-refractivity contribution in [3.05, 3.63) is 0 Å². The van der Waals surface area contributed by atoms with Crippen molar-refractivity contribution >= 4 is 23.6 Å². The standard InChI is InChI=1S/C16H28N2O2S/c1-5-16(6-2,21-4)11-18-12(3)14(19)17-10-8-7-9-13(17)15(18)20/h12-13H,5-11H2,1-4H3. The number of fused-ring (bicyclic) bond motifs is 1. The van der Waals surface area contributed by atoms with Crippen molar-refractivity contribution in [1.29, 1.82) is 0 Å². The molecule has 2 heterocycles. The van der Waals surface area contributed by atoms with Crippen molar-refractivity contribution in [1.82, 2.24) is 9.80 Å². The lowest BCUT2D eigenvalue weighted by molar-refractivity contribution is -0.163. The van der Waals surface area contributed by atoms with Gasteiger partial charge in [0.1, 0.15) is 12.1 Å². The maximum Gasteiger partial charge on any atom is 0.246 e. The highest BCUT2D eigenvalue weighted by atomic mass is 32.2. The third-order valence-electron chi connectivity index (χ3n) is 5.36. The number of hydrogen-bond acceptors (Lipinski definition) is 3. The molecule has 2 fully saturated rings. The summed E-state index contributed by atoms with van der Waals surface area (Å²) in [6.45, 7) is 7.68. The molecule has 0 aromatic heterocycles. The van der Waals surface area contributed by atoms with Crippen LogP contribution in [0.2, 0.25) is 0 Å². The van der Waals surface area contributed by atoms with E-state index in [1.807, 2.05) is 28.5 Å². The molecule has 0 saturated carbocycles. The minimum atomic E-state index is -0.309. The number of piperidine rings is 1. The zero-order chi connectivity index (χ0) is 15.6. The number of amides is 2. The Hall–Kier alpha value is -0.710. The highest BCUT2D eigenvalue weighted by Crippen LogP contribution is 2.34. The quantitative estimate of drug-likeness (QED) is 0.783. The summed E-state index contributed by atoms with van der Waals surface area (Å²) >= 11 is 1.83. The van der Waals surface area contributed by atoms with Crippen molar-refractivity contribution in [2.45, 2.75) is 69.7 Å². The molecule has 0 radical (unpaired) electrons. The van der Waals surface area contributed by atoms with Crippen LogP contribution in [-0.2, 0) is 9.59 Å². The lowest BCUT2D eigenvalue weighted by atomic mass is 9.93. The molecule has 5 heteroatoms. The van der Waals surface area contributed by atoms with Crippen molar-refractivity contribution in [3.8, 4) is 0 Å². The SMILES string of the molecule is CCC(CC)(CN1C(=O)C2CCCCN2C(=O)C1C)SC. The van der Waals surface area contributed by atoms with Gasteiger partial charge in [0.2, 0.25) is 11.8 Å². The molecule has 0 aromatic rings. The molecular formula is C16H28N2O2S. The summed E-state index contributed by atoms with van der Waals surface area (Å²) in [6.07, 6.45) is 7.06. The first-order valence-electron chi connectivity index (χ1n) is 8.15. The number of carbonyl (C=O) groups is 2. The van der Waals surface area contributed by atoms with Gasteiger partial charge in [0.15, 0.2) is 0 Å². The molecule has 21 heavy (non-hydrogen) atoms. The summed E-state index contributed by atoms with van der Waals surface area (Å²) in [4.78, 5) is 29.1. The molecule has 0 spiro atoms. The van der Waals surface area contributed by atoms with Crippen molar-refractivity contribution in [2.24, 2.45) is 0 Å². The van der Waals surface area contributed by atoms with Crippen LogP contribution in [-0.4, -0.2) is 57.8 Å². The van der Waals surface area contributed by atoms with Gasteiger partial charge in [-0.25, -0.2) is 0 Å². The van der Waals surface area contributed by atoms with Gasteiger partial charge < -0.3 is 9.80 Å². The molecule has 4 nitrogen and oxygen atoms in total. The van der Waals surface area contributed by atoms with Crippen LogP contribution in [0.4, 0.5) is 0 Å². The average Bonchev–Trinajstić information content (AvgIpc) is 2.54. The molecule has 0 bridgehead atoms. The Morgan fingerprint density at radius 3 is 2.43 bits per heavy atom. The second-order valence-electron chi connectivity index (χ2n) is 6.28. The summed E-state index contributed by atoms with van der Waals surface area (Å²) in [6, 6.07) is -0.507. The first kappa shape index (κ1) is 16.7. The average molecular weight is 312 g/mol. The molecule has 0 N–H and O–H groups in total. The van der Waals surface area contributed by atoms with Crippen molar-refractivity contribution in [3.63, 3.8) is 0 Å². The van der Waals surface area contributed by atoms with E-state index in [4.69, 9.17) is 0 Å². The fourth-order valence-corrected chi connectivity index (χ4v) is 4.41. The lowest BCUT2D eigenvalue weighted by Gasteiger charge is -2.48. The van der Waals surface area contributed by atoms with Crippen molar-refractivity contribution in [2.75, 3.05) is 19.3 Å². The van der Waals surface area contributed by atoms with E-state index < -0.39 is 0 Å². The van der Waals surface area contributed by atoms with E-state index in [1.165, 1.54) is 0 Å². The smallest absolute Gasteiger partial charge is 0.246 e. The Kier molecular flexibility index (Phi) is 5.23. The topological polar surface area (TPSA) is 40.6 Å². The minimum Gasteiger partial charge on any atom is -0.329 e. The van der Waals surface area contributed by atoms with Gasteiger partial charge in [-0.1, -0.05) is 13.8 Å². The molecule has 2 unspecified atom stereocenters. The van der Waals surface area contributed by atoms with Crippen LogP contribution < -0.4 is 0 Å². The number of carbonyl (C=O) groups excluding carboxylic acids is 2. The Labute approximate surface area is 132 Å². The summed E-state index contributed by atoms with van der Waals surface area (Å²) in [7, 11) is 0. The Morgan fingerprint density at radius 2 is 1.86 bits per heavy atom. The lowest BCUT2D eigenvalue weighted by Crippen LogP contribution is -2.66. The molecule has 2 saturated heterocycles. The van der Waals surface area contributed by atoms with Gasteiger partial charge in [-0.3, -0.25) is 9.59 Å². The van der Waals surface area contributed by atoms with E-state index in [1.54, 1.807) is 0 Å². The second-order valence-corrected chi connectivity index (χ2v) is 7.55. The third kappa shape index (κ3) is 2.94. The first-order chi connectivity index (χ1) is 9.99. The summed E-state index contributed by atoms with van der Waals surface area (Å²) < 4.78 is 0.0705. The zero-order valence-electron chi connectivity index (χ0n) is 13.7. The highest BCUT2D eigenvalue weighted by molar-refractivity contribution is 8.00. The molecule has 120 valence electrons. The Bertz CT molecular complexity index is 401. The summed E-state index contributed by atoms with van der Waals surface area (Å²) in [5.41, 5.74) is 0. The predicted octanol–water partition coefficient (Wildman–Crippen LogP) is 2.52. The van der Waals surface area contributed by atoms with Crippen LogP contribution >= 0.6 is 11.8 Å². The number of piperazine rings is 1. The second kappa shape index (κ2) is 6.59. The largest absolute Gasteiger partial charge is 0.329 e. The van der Waals surface area contributed by atoms with Crippen LogP contribution in [0.3, 0.4) is 0 Å². The Balaban J connectivity index is 2.22. The molecule has 2 amide bonds. The normalized spacial score (nSPS) is 27.0. The van der Waals surface area contributed by atoms with Gasteiger partial charge in [-0.2, -0.15) is 11.8 Å². The predicted molar refractivity (Wildman–Crippen MR) is 87.4 cm³/mol. The van der Waals surface area contributed by atoms with Crippen LogP contribution in [0.1, 0.15) is 52.9 Å². The Morgan fingerprint density at radius 1 is 1.19 bits per heavy atom. The van der Waals surface area contributed by atoms with E-state index in [0.29, 0.717) is 6.54 Å². The number of nitrogens with zero attached hydrogens (tertiary/aromatic N) is 2. The maximum atomic E-state index is 12.9. The van der Waals surface area contributed by atoms with Gasteiger partial charge in [0.25, 0.3) is 0 Å². The molecule has 2 aliphatic rings. The third-order valence-corrected chi connectivity index (χ3v) is 6.93. The highest BCUT2D eigenvalue weighted by Gasteiger charge is 2.46. The molecule has 0 aromatic carbocycles. The fraction of sp³-hybridized carbons (Fsp3) is 0.875. The van der Waals surface area contributed by atoms with Gasteiger partial charge in [-0.05, 0) is 45.3 Å². The van der Waals surface area contributed by atoms with Crippen LogP contribution in [0.5, 0.6) is 0 Å². The maximum absolute atomic E-state index is 12.9. The zero-order valence-corrected chi connectivity index (χ0v) is 14.5. The van der Waals surface area contributed by atoms with Crippen LogP contribution in [0.15, 0.2) is 0 Å². The van der Waals surface area contributed by atoms with Gasteiger partial charge in [0, 0.05) is 17.8 Å². The van der Waals surface area contributed by atoms with E-state index in [2.05, 4.69) is 20.1 Å². The molecular weight excluding hydrogens is 284 g/mol. The summed E-state index contributed by atoms with van der Waals surface area (Å²) in [5.74, 6) is 0.309. The monoisotopic (exact) mass is 312 g/mol. The van der Waals surface area contributed by atoms with E-state index >= 15 is 0 Å². The van der Waals surface area contributed by atoms with Crippen LogP contribution in [0, 0.1) is 0 Å². The number of rotatable bonds is 5.